The molecule has 0 atom stereocenters. The highest BCUT2D eigenvalue weighted by Crippen LogP contribution is 2.23. The Morgan fingerprint density at radius 2 is 1.69 bits per heavy atom. The Balaban J connectivity index is 2.38. The molecule has 0 aliphatic rings. The van der Waals surface area contributed by atoms with Gasteiger partial charge in [-0.1, -0.05) is 40.2 Å². The van der Waals surface area contributed by atoms with Crippen LogP contribution in [-0.2, 0) is 0 Å². The molecule has 0 unspecified atom stereocenters. The summed E-state index contributed by atoms with van der Waals surface area (Å²) in [5, 5.41) is 8.78. The van der Waals surface area contributed by atoms with Gasteiger partial charge in [0.15, 0.2) is 0 Å². The van der Waals surface area contributed by atoms with Crippen molar-refractivity contribution >= 4 is 21.9 Å². The van der Waals surface area contributed by atoms with Crippen molar-refractivity contribution in [3.8, 4) is 11.1 Å². The van der Waals surface area contributed by atoms with Crippen molar-refractivity contribution in [3.63, 3.8) is 0 Å². The lowest BCUT2D eigenvalue weighted by Crippen LogP contribution is -1.94. The van der Waals surface area contributed by atoms with E-state index in [1.165, 1.54) is 0 Å². The van der Waals surface area contributed by atoms with Crippen molar-refractivity contribution in [3.05, 3.63) is 58.6 Å². The number of halogens is 1. The minimum atomic E-state index is -0.902. The molecule has 0 bridgehead atoms. The smallest absolute Gasteiger partial charge is 0.335 e. The number of carboxylic acids is 1. The van der Waals surface area contributed by atoms with E-state index < -0.39 is 5.97 Å². The summed E-state index contributed by atoms with van der Waals surface area (Å²) in [5.41, 5.74) is 2.37. The van der Waals surface area contributed by atoms with Gasteiger partial charge >= 0.3 is 5.97 Å². The van der Waals surface area contributed by atoms with Crippen LogP contribution in [0.5, 0.6) is 0 Å². The lowest BCUT2D eigenvalue weighted by Gasteiger charge is -2.02. The average molecular weight is 277 g/mol. The van der Waals surface area contributed by atoms with Crippen LogP contribution in [0.15, 0.2) is 53.0 Å². The molecule has 0 aromatic heterocycles. The molecule has 2 aromatic rings. The first-order valence-electron chi connectivity index (χ1n) is 4.76. The van der Waals surface area contributed by atoms with Crippen molar-refractivity contribution in [2.24, 2.45) is 0 Å². The number of hydrogen-bond donors (Lipinski definition) is 1. The van der Waals surface area contributed by atoms with E-state index in [1.807, 2.05) is 36.4 Å². The third-order valence-corrected chi connectivity index (χ3v) is 2.78. The molecule has 0 radical (unpaired) electrons. The van der Waals surface area contributed by atoms with Gasteiger partial charge in [0.1, 0.15) is 0 Å². The number of carbonyl (C=O) groups is 1. The summed E-state index contributed by atoms with van der Waals surface area (Å²) in [6.45, 7) is 0. The number of aromatic carboxylic acids is 1. The fraction of sp³-hybridized carbons (Fsp3) is 0. The largest absolute Gasteiger partial charge is 0.478 e. The Hall–Kier alpha value is -1.61. The second kappa shape index (κ2) is 4.49. The molecular weight excluding hydrogens is 268 g/mol. The van der Waals surface area contributed by atoms with Crippen molar-refractivity contribution in [1.82, 2.24) is 0 Å². The van der Waals surface area contributed by atoms with Gasteiger partial charge in [0.25, 0.3) is 0 Å². The van der Waals surface area contributed by atoms with E-state index in [0.717, 1.165) is 15.6 Å². The number of hydrogen-bond acceptors (Lipinski definition) is 1. The Bertz CT molecular complexity index is 518. The second-order valence-electron chi connectivity index (χ2n) is 3.39. The quantitative estimate of drug-likeness (QED) is 0.906. The molecule has 0 saturated carbocycles. The van der Waals surface area contributed by atoms with E-state index in [1.54, 1.807) is 12.1 Å². The molecule has 2 rings (SSSR count). The summed E-state index contributed by atoms with van der Waals surface area (Å²) >= 11 is 3.40. The molecule has 0 amide bonds. The maximum atomic E-state index is 10.7. The topological polar surface area (TPSA) is 37.3 Å². The van der Waals surface area contributed by atoms with Crippen LogP contribution in [0.2, 0.25) is 0 Å². The van der Waals surface area contributed by atoms with Crippen molar-refractivity contribution in [2.45, 2.75) is 0 Å². The second-order valence-corrected chi connectivity index (χ2v) is 4.31. The van der Waals surface area contributed by atoms with E-state index in [-0.39, 0.29) is 0 Å². The fourth-order valence-electron chi connectivity index (χ4n) is 1.47. The minimum absolute atomic E-state index is 0.304. The maximum absolute atomic E-state index is 10.7. The summed E-state index contributed by atoms with van der Waals surface area (Å²) in [6, 6.07) is 14.7. The number of rotatable bonds is 2. The van der Waals surface area contributed by atoms with Crippen molar-refractivity contribution in [2.75, 3.05) is 0 Å². The van der Waals surface area contributed by atoms with E-state index in [0.29, 0.717) is 5.56 Å². The zero-order chi connectivity index (χ0) is 11.5. The summed E-state index contributed by atoms with van der Waals surface area (Å²) in [7, 11) is 0. The Kier molecular flexibility index (Phi) is 3.06. The first-order chi connectivity index (χ1) is 7.66. The van der Waals surface area contributed by atoms with Crippen molar-refractivity contribution < 1.29 is 9.90 Å². The van der Waals surface area contributed by atoms with Gasteiger partial charge < -0.3 is 5.11 Å². The molecule has 16 heavy (non-hydrogen) atoms. The molecule has 2 aromatic carbocycles. The molecule has 3 heteroatoms. The van der Waals surface area contributed by atoms with E-state index in [9.17, 15) is 4.79 Å². The SMILES string of the molecule is O=C(O)c1ccc(-c2cccc(Br)c2)cc1. The minimum Gasteiger partial charge on any atom is -0.478 e. The van der Waals surface area contributed by atoms with E-state index >= 15 is 0 Å². The molecule has 1 N–H and O–H groups in total. The van der Waals surface area contributed by atoms with Crippen LogP contribution in [-0.4, -0.2) is 11.1 Å². The first-order valence-corrected chi connectivity index (χ1v) is 5.55. The monoisotopic (exact) mass is 276 g/mol. The fourth-order valence-corrected chi connectivity index (χ4v) is 1.87. The van der Waals surface area contributed by atoms with Crippen LogP contribution in [0, 0.1) is 0 Å². The molecule has 0 fully saturated rings. The van der Waals surface area contributed by atoms with Gasteiger partial charge in [0, 0.05) is 4.47 Å². The summed E-state index contributed by atoms with van der Waals surface area (Å²) in [4.78, 5) is 10.7. The van der Waals surface area contributed by atoms with E-state index in [4.69, 9.17) is 5.11 Å². The zero-order valence-corrected chi connectivity index (χ0v) is 9.94. The van der Waals surface area contributed by atoms with Gasteiger partial charge in [-0.25, -0.2) is 4.79 Å². The molecular formula is C13H9BrO2. The Morgan fingerprint density at radius 3 is 2.25 bits per heavy atom. The number of benzene rings is 2. The summed E-state index contributed by atoms with van der Waals surface area (Å²) < 4.78 is 1.01. The predicted octanol–water partition coefficient (Wildman–Crippen LogP) is 3.81. The Morgan fingerprint density at radius 1 is 1.00 bits per heavy atom. The molecule has 2 nitrogen and oxygen atoms in total. The third kappa shape index (κ3) is 2.31. The summed E-state index contributed by atoms with van der Waals surface area (Å²) in [6.07, 6.45) is 0. The van der Waals surface area contributed by atoms with Crippen LogP contribution < -0.4 is 0 Å². The van der Waals surface area contributed by atoms with Crippen LogP contribution in [0.3, 0.4) is 0 Å². The highest BCUT2D eigenvalue weighted by molar-refractivity contribution is 9.10. The first kappa shape index (κ1) is 10.9. The van der Waals surface area contributed by atoms with Crippen LogP contribution >= 0.6 is 15.9 Å². The predicted molar refractivity (Wildman–Crippen MR) is 66.5 cm³/mol. The van der Waals surface area contributed by atoms with Gasteiger partial charge in [0.2, 0.25) is 0 Å². The molecule has 0 spiro atoms. The molecule has 0 heterocycles. The maximum Gasteiger partial charge on any atom is 0.335 e. The van der Waals surface area contributed by atoms with Crippen LogP contribution in [0.25, 0.3) is 11.1 Å². The van der Waals surface area contributed by atoms with Gasteiger partial charge in [-0.15, -0.1) is 0 Å². The lowest BCUT2D eigenvalue weighted by atomic mass is 10.0. The van der Waals surface area contributed by atoms with Gasteiger partial charge in [-0.05, 0) is 35.4 Å². The highest BCUT2D eigenvalue weighted by atomic mass is 79.9. The molecule has 0 aliphatic carbocycles. The Labute approximate surface area is 102 Å². The molecule has 80 valence electrons. The summed E-state index contributed by atoms with van der Waals surface area (Å²) in [5.74, 6) is -0.902. The average Bonchev–Trinajstić information content (AvgIpc) is 2.29. The van der Waals surface area contributed by atoms with Crippen LogP contribution in [0.4, 0.5) is 0 Å². The lowest BCUT2D eigenvalue weighted by molar-refractivity contribution is 0.0697. The zero-order valence-electron chi connectivity index (χ0n) is 8.35. The normalized spacial score (nSPS) is 10.1. The van der Waals surface area contributed by atoms with Gasteiger partial charge in [-0.3, -0.25) is 0 Å². The van der Waals surface area contributed by atoms with Gasteiger partial charge in [0.05, 0.1) is 5.56 Å². The van der Waals surface area contributed by atoms with Crippen molar-refractivity contribution in [1.29, 1.82) is 0 Å². The third-order valence-electron chi connectivity index (χ3n) is 2.29. The molecule has 0 saturated heterocycles. The van der Waals surface area contributed by atoms with Crippen LogP contribution in [0.1, 0.15) is 10.4 Å². The van der Waals surface area contributed by atoms with Gasteiger partial charge in [-0.2, -0.15) is 0 Å². The standard InChI is InChI=1S/C13H9BrO2/c14-12-3-1-2-11(8-12)9-4-6-10(7-5-9)13(15)16/h1-8H,(H,15,16). The molecule has 0 aliphatic heterocycles. The highest BCUT2D eigenvalue weighted by Gasteiger charge is 2.03. The number of carboxylic acid groups (broad SMARTS) is 1. The van der Waals surface area contributed by atoms with E-state index in [2.05, 4.69) is 15.9 Å².